The van der Waals surface area contributed by atoms with Gasteiger partial charge in [0.25, 0.3) is 0 Å². The van der Waals surface area contributed by atoms with E-state index in [2.05, 4.69) is 36.1 Å². The van der Waals surface area contributed by atoms with Crippen LogP contribution >= 0.6 is 0 Å². The molecule has 3 heterocycles. The summed E-state index contributed by atoms with van der Waals surface area (Å²) in [7, 11) is 2.98. The summed E-state index contributed by atoms with van der Waals surface area (Å²) >= 11 is 0. The smallest absolute Gasteiger partial charge is 0.337 e. The second-order valence-electron chi connectivity index (χ2n) is 9.94. The van der Waals surface area contributed by atoms with E-state index in [1.807, 2.05) is 35.2 Å². The maximum Gasteiger partial charge on any atom is 0.337 e. The van der Waals surface area contributed by atoms with E-state index in [-0.39, 0.29) is 23.8 Å². The molecule has 3 aliphatic heterocycles. The van der Waals surface area contributed by atoms with Crippen LogP contribution < -0.4 is 4.90 Å². The lowest BCUT2D eigenvalue weighted by molar-refractivity contribution is -0.137. The summed E-state index contributed by atoms with van der Waals surface area (Å²) in [5.41, 5.74) is 3.22. The lowest BCUT2D eigenvalue weighted by Crippen LogP contribution is -2.54. The molecule has 2 saturated heterocycles. The third-order valence-electron chi connectivity index (χ3n) is 8.39. The van der Waals surface area contributed by atoms with Gasteiger partial charge in [-0.15, -0.1) is 0 Å². The Kier molecular flexibility index (Phi) is 6.41. The fourth-order valence-corrected chi connectivity index (χ4v) is 6.75. The molecule has 1 amide bonds. The van der Waals surface area contributed by atoms with Gasteiger partial charge in [0.1, 0.15) is 0 Å². The monoisotopic (exact) mass is 474 g/mol. The second kappa shape index (κ2) is 9.50. The number of fused-ring (bicyclic) bond motifs is 4. The third-order valence-corrected chi connectivity index (χ3v) is 8.39. The Morgan fingerprint density at radius 2 is 1.86 bits per heavy atom. The summed E-state index contributed by atoms with van der Waals surface area (Å²) in [4.78, 5) is 31.6. The van der Waals surface area contributed by atoms with Crippen molar-refractivity contribution < 1.29 is 19.1 Å². The van der Waals surface area contributed by atoms with Crippen molar-refractivity contribution in [3.63, 3.8) is 0 Å². The van der Waals surface area contributed by atoms with E-state index in [0.717, 1.165) is 49.2 Å². The van der Waals surface area contributed by atoms with Crippen LogP contribution in [0.15, 0.2) is 66.4 Å². The van der Waals surface area contributed by atoms with E-state index in [9.17, 15) is 9.59 Å². The van der Waals surface area contributed by atoms with Crippen molar-refractivity contribution in [2.75, 3.05) is 32.2 Å². The molecule has 0 aliphatic carbocycles. The van der Waals surface area contributed by atoms with Crippen LogP contribution in [0.4, 0.5) is 5.69 Å². The quantitative estimate of drug-likeness (QED) is 0.355. The Morgan fingerprint density at radius 3 is 2.57 bits per heavy atom. The number of ether oxygens (including phenoxy) is 2. The Balaban J connectivity index is 1.55. The number of hydrogen-bond acceptors (Lipinski definition) is 5. The predicted octanol–water partition coefficient (Wildman–Crippen LogP) is 4.29. The zero-order valence-electron chi connectivity index (χ0n) is 20.8. The summed E-state index contributed by atoms with van der Waals surface area (Å²) in [6.07, 6.45) is 4.01. The highest BCUT2D eigenvalue weighted by Crippen LogP contribution is 2.55. The van der Waals surface area contributed by atoms with Crippen LogP contribution in [0, 0.1) is 11.8 Å². The first kappa shape index (κ1) is 23.6. The molecule has 5 rings (SSSR count). The fraction of sp³-hybridized carbons (Fsp3) is 0.448. The lowest BCUT2D eigenvalue weighted by Gasteiger charge is -2.45. The van der Waals surface area contributed by atoms with Crippen LogP contribution in [-0.2, 0) is 31.0 Å². The number of carbonyl (C=O) groups is 2. The summed E-state index contributed by atoms with van der Waals surface area (Å²) in [6.45, 7) is 4.47. The van der Waals surface area contributed by atoms with Crippen molar-refractivity contribution in [3.05, 3.63) is 77.6 Å². The number of piperidine rings is 1. The van der Waals surface area contributed by atoms with Gasteiger partial charge >= 0.3 is 5.97 Å². The summed E-state index contributed by atoms with van der Waals surface area (Å²) < 4.78 is 10.4. The van der Waals surface area contributed by atoms with Gasteiger partial charge in [-0.25, -0.2) is 4.79 Å². The first-order valence-corrected chi connectivity index (χ1v) is 12.6. The fourth-order valence-electron chi connectivity index (χ4n) is 6.75. The van der Waals surface area contributed by atoms with E-state index >= 15 is 0 Å². The summed E-state index contributed by atoms with van der Waals surface area (Å²) in [5, 5.41) is 0. The highest BCUT2D eigenvalue weighted by molar-refractivity contribution is 6.09. The predicted molar refractivity (Wildman–Crippen MR) is 135 cm³/mol. The van der Waals surface area contributed by atoms with Crippen LogP contribution in [0.1, 0.15) is 37.3 Å². The van der Waals surface area contributed by atoms with Crippen molar-refractivity contribution in [2.24, 2.45) is 11.8 Å². The zero-order valence-corrected chi connectivity index (χ0v) is 20.8. The molecule has 2 aromatic rings. The molecule has 1 spiro atoms. The molecule has 0 N–H and O–H groups in total. The molecule has 0 aromatic heterocycles. The molecule has 6 nitrogen and oxygen atoms in total. The van der Waals surface area contributed by atoms with Crippen LogP contribution in [0.3, 0.4) is 0 Å². The summed E-state index contributed by atoms with van der Waals surface area (Å²) in [6, 6.07) is 18.5. The Labute approximate surface area is 207 Å². The van der Waals surface area contributed by atoms with Crippen LogP contribution in [0.5, 0.6) is 0 Å². The molecule has 6 heteroatoms. The first-order valence-electron chi connectivity index (χ1n) is 12.6. The molecule has 0 radical (unpaired) electrons. The minimum absolute atomic E-state index is 0.0215. The minimum Gasteiger partial charge on any atom is -0.504 e. The number of nitrogens with zero attached hydrogens (tertiary/aromatic N) is 2. The standard InChI is InChI=1S/C29H34N2O4/c1-4-21-18-30-15-14-29(26(30)16-22(21)23(19-34-2)27(32)35-3)24-12-8-9-13-25(24)31(28(29)33)17-20-10-6-5-7-11-20/h5-13,19,21-22,26H,4,14-18H2,1-3H3/b23-19+/t21-,22-,26-,29+/m0/s1. The molecular formula is C29H34N2O4. The molecule has 2 aromatic carbocycles. The second-order valence-corrected chi connectivity index (χ2v) is 9.94. The number of benzene rings is 2. The van der Waals surface area contributed by atoms with Crippen LogP contribution in [-0.4, -0.2) is 50.1 Å². The Bertz CT molecular complexity index is 1130. The van der Waals surface area contributed by atoms with Crippen molar-refractivity contribution in [3.8, 4) is 0 Å². The highest BCUT2D eigenvalue weighted by Gasteiger charge is 2.62. The van der Waals surface area contributed by atoms with Gasteiger partial charge in [0.2, 0.25) is 5.91 Å². The van der Waals surface area contributed by atoms with Crippen molar-refractivity contribution >= 4 is 17.6 Å². The van der Waals surface area contributed by atoms with E-state index in [1.165, 1.54) is 7.11 Å². The van der Waals surface area contributed by atoms with E-state index in [4.69, 9.17) is 9.47 Å². The molecule has 0 bridgehead atoms. The normalized spacial score (nSPS) is 28.2. The van der Waals surface area contributed by atoms with Crippen LogP contribution in [0.25, 0.3) is 0 Å². The van der Waals surface area contributed by atoms with Crippen molar-refractivity contribution in [1.29, 1.82) is 0 Å². The number of para-hydroxylation sites is 1. The maximum absolute atomic E-state index is 14.4. The third kappa shape index (κ3) is 3.75. The number of esters is 1. The molecule has 0 saturated carbocycles. The van der Waals surface area contributed by atoms with Gasteiger partial charge in [-0.1, -0.05) is 61.9 Å². The van der Waals surface area contributed by atoms with E-state index in [1.54, 1.807) is 13.4 Å². The van der Waals surface area contributed by atoms with Crippen molar-refractivity contribution in [1.82, 2.24) is 4.90 Å². The molecule has 2 fully saturated rings. The zero-order chi connectivity index (χ0) is 24.6. The maximum atomic E-state index is 14.4. The Hall–Kier alpha value is -3.12. The number of rotatable bonds is 6. The molecule has 3 aliphatic rings. The average molecular weight is 475 g/mol. The highest BCUT2D eigenvalue weighted by atomic mass is 16.5. The van der Waals surface area contributed by atoms with E-state index in [0.29, 0.717) is 18.0 Å². The number of hydrogen-bond donors (Lipinski definition) is 0. The average Bonchev–Trinajstić information content (AvgIpc) is 3.38. The molecule has 35 heavy (non-hydrogen) atoms. The topological polar surface area (TPSA) is 59.1 Å². The van der Waals surface area contributed by atoms with Gasteiger partial charge < -0.3 is 14.4 Å². The van der Waals surface area contributed by atoms with Gasteiger partial charge in [0.05, 0.1) is 38.0 Å². The van der Waals surface area contributed by atoms with Gasteiger partial charge in [0, 0.05) is 18.3 Å². The molecular weight excluding hydrogens is 440 g/mol. The lowest BCUT2D eigenvalue weighted by atomic mass is 9.67. The van der Waals surface area contributed by atoms with E-state index < -0.39 is 5.41 Å². The SMILES string of the molecule is CC[C@H]1CN2CC[C@]3(C(=O)N(Cc4ccccc4)c4ccccc43)[C@@H]2C[C@@H]1/C(=C\OC)C(=O)OC. The first-order chi connectivity index (χ1) is 17.0. The number of methoxy groups -OCH3 is 2. The number of amides is 1. The number of carbonyl (C=O) groups excluding carboxylic acids is 2. The molecule has 184 valence electrons. The summed E-state index contributed by atoms with van der Waals surface area (Å²) in [5.74, 6) is 0.111. The van der Waals surface area contributed by atoms with Gasteiger partial charge in [-0.3, -0.25) is 9.69 Å². The Morgan fingerprint density at radius 1 is 1.11 bits per heavy atom. The van der Waals surface area contributed by atoms with Gasteiger partial charge in [0.15, 0.2) is 0 Å². The van der Waals surface area contributed by atoms with Crippen molar-refractivity contribution in [2.45, 2.75) is 44.2 Å². The minimum atomic E-state index is -0.601. The van der Waals surface area contributed by atoms with Gasteiger partial charge in [-0.2, -0.15) is 0 Å². The van der Waals surface area contributed by atoms with Crippen LogP contribution in [0.2, 0.25) is 0 Å². The number of anilines is 1. The van der Waals surface area contributed by atoms with Gasteiger partial charge in [-0.05, 0) is 48.4 Å². The molecule has 0 unspecified atom stereocenters. The molecule has 4 atom stereocenters. The largest absolute Gasteiger partial charge is 0.504 e.